The monoisotopic (exact) mass is 226 g/mol. The molecular weight excluding hydrogens is 208 g/mol. The van der Waals surface area contributed by atoms with E-state index in [1.54, 1.807) is 19.1 Å². The van der Waals surface area contributed by atoms with Crippen molar-refractivity contribution in [3.63, 3.8) is 0 Å². The topological polar surface area (TPSA) is 65.7 Å². The van der Waals surface area contributed by atoms with Crippen LogP contribution in [0, 0.1) is 0 Å². The van der Waals surface area contributed by atoms with Crippen LogP contribution in [0.5, 0.6) is 0 Å². The fraction of sp³-hybridized carbons (Fsp3) is 0.545. The Morgan fingerprint density at radius 1 is 1.62 bits per heavy atom. The summed E-state index contributed by atoms with van der Waals surface area (Å²) in [5, 5.41) is 12.6. The van der Waals surface area contributed by atoms with Crippen molar-refractivity contribution in [1.82, 2.24) is 10.2 Å². The van der Waals surface area contributed by atoms with Gasteiger partial charge in [-0.3, -0.25) is 4.79 Å². The molecule has 0 aliphatic heterocycles. The number of rotatable bonds is 5. The maximum absolute atomic E-state index is 11.5. The molecule has 0 fully saturated rings. The Morgan fingerprint density at radius 3 is 2.81 bits per heavy atom. The van der Waals surface area contributed by atoms with Crippen molar-refractivity contribution in [2.75, 3.05) is 27.2 Å². The van der Waals surface area contributed by atoms with Crippen LogP contribution in [0.15, 0.2) is 22.8 Å². The summed E-state index contributed by atoms with van der Waals surface area (Å²) in [6.45, 7) is 2.34. The van der Waals surface area contributed by atoms with Crippen LogP contribution in [0.25, 0.3) is 0 Å². The fourth-order valence-electron chi connectivity index (χ4n) is 1.50. The van der Waals surface area contributed by atoms with Crippen LogP contribution >= 0.6 is 0 Å². The molecule has 16 heavy (non-hydrogen) atoms. The first-order valence-electron chi connectivity index (χ1n) is 5.09. The van der Waals surface area contributed by atoms with Crippen molar-refractivity contribution in [1.29, 1.82) is 0 Å². The minimum Gasteiger partial charge on any atom is -0.459 e. The first-order chi connectivity index (χ1) is 7.41. The van der Waals surface area contributed by atoms with E-state index in [1.165, 1.54) is 6.26 Å². The molecule has 2 N–H and O–H groups in total. The molecule has 0 aromatic carbocycles. The molecule has 1 amide bonds. The minimum absolute atomic E-state index is 0.185. The smallest absolute Gasteiger partial charge is 0.287 e. The Kier molecular flexibility index (Phi) is 4.09. The lowest BCUT2D eigenvalue weighted by Crippen LogP contribution is -2.47. The molecule has 1 atom stereocenters. The van der Waals surface area contributed by atoms with Gasteiger partial charge in [-0.1, -0.05) is 0 Å². The average Bonchev–Trinajstić information content (AvgIpc) is 2.64. The number of furan rings is 1. The molecule has 0 bridgehead atoms. The van der Waals surface area contributed by atoms with E-state index in [4.69, 9.17) is 4.42 Å². The molecule has 1 heterocycles. The van der Waals surface area contributed by atoms with Crippen LogP contribution in [0.4, 0.5) is 0 Å². The van der Waals surface area contributed by atoms with E-state index in [0.717, 1.165) is 0 Å². The highest BCUT2D eigenvalue weighted by Gasteiger charge is 2.22. The van der Waals surface area contributed by atoms with Gasteiger partial charge in [0.15, 0.2) is 5.76 Å². The van der Waals surface area contributed by atoms with Gasteiger partial charge in [-0.25, -0.2) is 0 Å². The molecule has 1 aromatic rings. The third-order valence-electron chi connectivity index (χ3n) is 2.03. The van der Waals surface area contributed by atoms with E-state index in [1.807, 2.05) is 19.0 Å². The normalized spacial score (nSPS) is 14.8. The predicted molar refractivity (Wildman–Crippen MR) is 60.2 cm³/mol. The minimum atomic E-state index is -0.953. The zero-order valence-electron chi connectivity index (χ0n) is 9.86. The lowest BCUT2D eigenvalue weighted by Gasteiger charge is -2.26. The molecule has 0 saturated carbocycles. The number of carbonyl (C=O) groups excluding carboxylic acids is 1. The van der Waals surface area contributed by atoms with Gasteiger partial charge >= 0.3 is 0 Å². The van der Waals surface area contributed by atoms with Gasteiger partial charge in [0.05, 0.1) is 11.9 Å². The summed E-state index contributed by atoms with van der Waals surface area (Å²) < 4.78 is 4.94. The maximum Gasteiger partial charge on any atom is 0.287 e. The van der Waals surface area contributed by atoms with Gasteiger partial charge in [-0.15, -0.1) is 0 Å². The van der Waals surface area contributed by atoms with E-state index < -0.39 is 5.60 Å². The van der Waals surface area contributed by atoms with Crippen molar-refractivity contribution in [3.8, 4) is 0 Å². The average molecular weight is 226 g/mol. The van der Waals surface area contributed by atoms with Gasteiger partial charge in [0.2, 0.25) is 0 Å². The van der Waals surface area contributed by atoms with E-state index in [-0.39, 0.29) is 18.2 Å². The number of aliphatic hydroxyl groups is 1. The van der Waals surface area contributed by atoms with Gasteiger partial charge in [0, 0.05) is 13.1 Å². The van der Waals surface area contributed by atoms with Crippen molar-refractivity contribution >= 4 is 5.91 Å². The Labute approximate surface area is 95.0 Å². The predicted octanol–water partition coefficient (Wildman–Crippen LogP) is 0.322. The van der Waals surface area contributed by atoms with Gasteiger partial charge in [-0.2, -0.15) is 0 Å². The van der Waals surface area contributed by atoms with Crippen LogP contribution in [0.3, 0.4) is 0 Å². The molecule has 0 spiro atoms. The van der Waals surface area contributed by atoms with Crippen molar-refractivity contribution in [2.45, 2.75) is 12.5 Å². The third-order valence-corrected chi connectivity index (χ3v) is 2.03. The zero-order chi connectivity index (χ0) is 12.2. The quantitative estimate of drug-likeness (QED) is 0.759. The second-order valence-corrected chi connectivity index (χ2v) is 4.39. The van der Waals surface area contributed by atoms with Crippen LogP contribution in [-0.2, 0) is 0 Å². The molecule has 0 aliphatic rings. The molecule has 0 aliphatic carbocycles. The van der Waals surface area contributed by atoms with Gasteiger partial charge in [0.1, 0.15) is 0 Å². The van der Waals surface area contributed by atoms with Gasteiger partial charge in [-0.05, 0) is 33.2 Å². The van der Waals surface area contributed by atoms with Crippen LogP contribution in [-0.4, -0.2) is 48.7 Å². The number of nitrogens with zero attached hydrogens (tertiary/aromatic N) is 1. The zero-order valence-corrected chi connectivity index (χ0v) is 9.86. The highest BCUT2D eigenvalue weighted by molar-refractivity contribution is 5.91. The number of nitrogens with one attached hydrogen (secondary N) is 1. The molecule has 0 saturated heterocycles. The third kappa shape index (κ3) is 4.04. The molecule has 90 valence electrons. The van der Waals surface area contributed by atoms with Gasteiger partial charge in [0.25, 0.3) is 5.91 Å². The Morgan fingerprint density at radius 2 is 2.31 bits per heavy atom. The van der Waals surface area contributed by atoms with E-state index >= 15 is 0 Å². The Bertz CT molecular complexity index is 331. The highest BCUT2D eigenvalue weighted by Crippen LogP contribution is 2.04. The molecule has 1 unspecified atom stereocenters. The Hall–Kier alpha value is -1.33. The summed E-state index contributed by atoms with van der Waals surface area (Å²) in [6, 6.07) is 3.23. The van der Waals surface area contributed by atoms with Crippen LogP contribution in [0.1, 0.15) is 17.5 Å². The molecule has 1 aromatic heterocycles. The molecule has 5 nitrogen and oxygen atoms in total. The second kappa shape index (κ2) is 5.14. The number of likely N-dealkylation sites (N-methyl/N-ethyl adjacent to an activating group) is 1. The molecule has 0 radical (unpaired) electrons. The second-order valence-electron chi connectivity index (χ2n) is 4.39. The standard InChI is InChI=1S/C11H18N2O3/c1-11(15,8-13(2)3)7-12-10(14)9-5-4-6-16-9/h4-6,15H,7-8H2,1-3H3,(H,12,14). The number of hydrogen-bond donors (Lipinski definition) is 2. The number of hydrogen-bond acceptors (Lipinski definition) is 4. The highest BCUT2D eigenvalue weighted by atomic mass is 16.3. The van der Waals surface area contributed by atoms with Crippen LogP contribution < -0.4 is 5.32 Å². The number of amides is 1. The summed E-state index contributed by atoms with van der Waals surface area (Å²) in [4.78, 5) is 13.4. The molecule has 1 rings (SSSR count). The first kappa shape index (κ1) is 12.7. The largest absolute Gasteiger partial charge is 0.459 e. The summed E-state index contributed by atoms with van der Waals surface area (Å²) >= 11 is 0. The molecule has 5 heteroatoms. The Balaban J connectivity index is 2.42. The maximum atomic E-state index is 11.5. The number of carbonyl (C=O) groups is 1. The lowest BCUT2D eigenvalue weighted by molar-refractivity contribution is 0.0322. The van der Waals surface area contributed by atoms with Crippen molar-refractivity contribution in [3.05, 3.63) is 24.2 Å². The van der Waals surface area contributed by atoms with Crippen LogP contribution in [0.2, 0.25) is 0 Å². The van der Waals surface area contributed by atoms with Gasteiger partial charge < -0.3 is 19.7 Å². The summed E-state index contributed by atoms with van der Waals surface area (Å²) in [5.74, 6) is -0.0651. The fourth-order valence-corrected chi connectivity index (χ4v) is 1.50. The lowest BCUT2D eigenvalue weighted by atomic mass is 10.1. The van der Waals surface area contributed by atoms with Crippen molar-refractivity contribution in [2.24, 2.45) is 0 Å². The summed E-state index contributed by atoms with van der Waals surface area (Å²) in [6.07, 6.45) is 1.44. The summed E-state index contributed by atoms with van der Waals surface area (Å²) in [7, 11) is 3.73. The van der Waals surface area contributed by atoms with E-state index in [0.29, 0.717) is 6.54 Å². The van der Waals surface area contributed by atoms with Crippen molar-refractivity contribution < 1.29 is 14.3 Å². The van der Waals surface area contributed by atoms with E-state index in [9.17, 15) is 9.90 Å². The SMILES string of the molecule is CN(C)CC(C)(O)CNC(=O)c1ccco1. The molecular formula is C11H18N2O3. The van der Waals surface area contributed by atoms with E-state index in [2.05, 4.69) is 5.32 Å². The summed E-state index contributed by atoms with van der Waals surface area (Å²) in [5.41, 5.74) is -0.953. The first-order valence-corrected chi connectivity index (χ1v) is 5.09.